The van der Waals surface area contributed by atoms with Gasteiger partial charge in [0.05, 0.1) is 5.69 Å². The second-order valence-corrected chi connectivity index (χ2v) is 4.60. The first-order valence-electron chi connectivity index (χ1n) is 5.91. The number of carbonyl (C=O) groups excluding carboxylic acids is 1. The van der Waals surface area contributed by atoms with E-state index in [1.165, 1.54) is 30.1 Å². The zero-order valence-corrected chi connectivity index (χ0v) is 10.3. The van der Waals surface area contributed by atoms with Crippen molar-refractivity contribution >= 4 is 11.6 Å². The fourth-order valence-electron chi connectivity index (χ4n) is 2.51. The van der Waals surface area contributed by atoms with Gasteiger partial charge >= 0.3 is 0 Å². The molecule has 1 unspecified atom stereocenters. The van der Waals surface area contributed by atoms with Gasteiger partial charge in [-0.05, 0) is 17.7 Å². The molecule has 1 heterocycles. The van der Waals surface area contributed by atoms with Crippen LogP contribution in [0.15, 0.2) is 48.5 Å². The lowest BCUT2D eigenvalue weighted by atomic mass is 9.87. The van der Waals surface area contributed by atoms with Gasteiger partial charge in [0.25, 0.3) is 5.91 Å². The molecule has 0 saturated heterocycles. The summed E-state index contributed by atoms with van der Waals surface area (Å²) in [5, 5.41) is 10.8. The molecular formula is C15H12FNO2. The smallest absolute Gasteiger partial charge is 0.268 e. The number of carbonyl (C=O) groups is 1. The molecule has 2 aromatic carbocycles. The lowest BCUT2D eigenvalue weighted by molar-refractivity contribution is -0.131. The van der Waals surface area contributed by atoms with E-state index in [2.05, 4.69) is 0 Å². The molecule has 0 saturated carbocycles. The van der Waals surface area contributed by atoms with E-state index in [4.69, 9.17) is 0 Å². The Bertz CT molecular complexity index is 656. The third kappa shape index (κ3) is 1.50. The molecule has 0 aliphatic carbocycles. The molecule has 2 aromatic rings. The molecule has 3 nitrogen and oxygen atoms in total. The second-order valence-electron chi connectivity index (χ2n) is 4.60. The maximum absolute atomic E-state index is 13.3. The number of amides is 1. The Hall–Kier alpha value is -2.20. The molecule has 0 spiro atoms. The Kier molecular flexibility index (Phi) is 2.43. The van der Waals surface area contributed by atoms with E-state index in [1.54, 1.807) is 24.3 Å². The van der Waals surface area contributed by atoms with Gasteiger partial charge < -0.3 is 10.0 Å². The highest BCUT2D eigenvalue weighted by molar-refractivity contribution is 6.08. The molecule has 1 amide bonds. The number of benzene rings is 2. The van der Waals surface area contributed by atoms with Crippen molar-refractivity contribution in [3.63, 3.8) is 0 Å². The zero-order chi connectivity index (χ0) is 13.6. The molecule has 0 aromatic heterocycles. The van der Waals surface area contributed by atoms with Gasteiger partial charge in [-0.3, -0.25) is 4.79 Å². The number of halogens is 1. The number of nitrogens with zero attached hydrogens (tertiary/aromatic N) is 1. The van der Waals surface area contributed by atoms with Crippen LogP contribution in [0.2, 0.25) is 0 Å². The van der Waals surface area contributed by atoms with Crippen LogP contribution in [-0.2, 0) is 10.4 Å². The van der Waals surface area contributed by atoms with Crippen molar-refractivity contribution in [2.45, 2.75) is 5.60 Å². The first kappa shape index (κ1) is 11.9. The number of rotatable bonds is 1. The van der Waals surface area contributed by atoms with Gasteiger partial charge in [0, 0.05) is 12.6 Å². The summed E-state index contributed by atoms with van der Waals surface area (Å²) in [5.74, 6) is -0.907. The standard InChI is InChI=1S/C15H12FNO2/c1-17-13-9-11(16)7-8-12(13)15(19,14(17)18)10-5-3-2-4-6-10/h2-9,19H,1H3. The van der Waals surface area contributed by atoms with Crippen molar-refractivity contribution < 1.29 is 14.3 Å². The average molecular weight is 257 g/mol. The monoisotopic (exact) mass is 257 g/mol. The minimum atomic E-state index is -1.74. The van der Waals surface area contributed by atoms with E-state index in [0.29, 0.717) is 16.8 Å². The molecule has 0 fully saturated rings. The molecule has 4 heteroatoms. The predicted molar refractivity (Wildman–Crippen MR) is 69.3 cm³/mol. The van der Waals surface area contributed by atoms with Crippen molar-refractivity contribution in [1.82, 2.24) is 0 Å². The van der Waals surface area contributed by atoms with Crippen LogP contribution in [0.3, 0.4) is 0 Å². The van der Waals surface area contributed by atoms with Crippen molar-refractivity contribution in [3.05, 3.63) is 65.5 Å². The number of hydrogen-bond acceptors (Lipinski definition) is 2. The first-order chi connectivity index (χ1) is 9.05. The Balaban J connectivity index is 2.27. The summed E-state index contributed by atoms with van der Waals surface area (Å²) in [6.45, 7) is 0. The summed E-state index contributed by atoms with van der Waals surface area (Å²) in [7, 11) is 1.53. The van der Waals surface area contributed by atoms with E-state index in [0.717, 1.165) is 0 Å². The molecule has 0 radical (unpaired) electrons. The second kappa shape index (κ2) is 3.90. The highest BCUT2D eigenvalue weighted by Crippen LogP contribution is 2.43. The summed E-state index contributed by atoms with van der Waals surface area (Å²) in [5.41, 5.74) is -0.444. The Morgan fingerprint density at radius 3 is 2.53 bits per heavy atom. The van der Waals surface area contributed by atoms with Crippen LogP contribution in [-0.4, -0.2) is 18.1 Å². The summed E-state index contributed by atoms with van der Waals surface area (Å²) < 4.78 is 13.3. The number of hydrogen-bond donors (Lipinski definition) is 1. The van der Waals surface area contributed by atoms with Gasteiger partial charge in [0.2, 0.25) is 0 Å². The Morgan fingerprint density at radius 1 is 1.16 bits per heavy atom. The van der Waals surface area contributed by atoms with E-state index >= 15 is 0 Å². The largest absolute Gasteiger partial charge is 0.372 e. The maximum atomic E-state index is 13.3. The molecule has 19 heavy (non-hydrogen) atoms. The first-order valence-corrected chi connectivity index (χ1v) is 5.91. The lowest BCUT2D eigenvalue weighted by Gasteiger charge is -2.22. The minimum absolute atomic E-state index is 0.399. The molecule has 3 rings (SSSR count). The van der Waals surface area contributed by atoms with Gasteiger partial charge in [0.15, 0.2) is 5.60 Å². The molecule has 1 atom stereocenters. The summed E-state index contributed by atoms with van der Waals surface area (Å²) in [4.78, 5) is 13.6. The summed E-state index contributed by atoms with van der Waals surface area (Å²) in [6.07, 6.45) is 0. The molecule has 1 aliphatic rings. The van der Waals surface area contributed by atoms with Crippen LogP contribution in [0, 0.1) is 5.82 Å². The van der Waals surface area contributed by atoms with Gasteiger partial charge in [0.1, 0.15) is 5.82 Å². The van der Waals surface area contributed by atoms with Crippen LogP contribution < -0.4 is 4.90 Å². The molecule has 0 bridgehead atoms. The molecule has 96 valence electrons. The van der Waals surface area contributed by atoms with Crippen LogP contribution in [0.5, 0.6) is 0 Å². The fourth-order valence-corrected chi connectivity index (χ4v) is 2.51. The third-order valence-electron chi connectivity index (χ3n) is 3.52. The van der Waals surface area contributed by atoms with Crippen LogP contribution in [0.1, 0.15) is 11.1 Å². The van der Waals surface area contributed by atoms with Crippen molar-refractivity contribution in [1.29, 1.82) is 0 Å². The fraction of sp³-hybridized carbons (Fsp3) is 0.133. The third-order valence-corrected chi connectivity index (χ3v) is 3.52. The maximum Gasteiger partial charge on any atom is 0.268 e. The highest BCUT2D eigenvalue weighted by atomic mass is 19.1. The van der Waals surface area contributed by atoms with Crippen molar-refractivity contribution in [3.8, 4) is 0 Å². The molecule has 1 aliphatic heterocycles. The normalized spacial score (nSPS) is 21.6. The number of likely N-dealkylation sites (N-methyl/N-ethyl adjacent to an activating group) is 1. The minimum Gasteiger partial charge on any atom is -0.372 e. The number of anilines is 1. The van der Waals surface area contributed by atoms with Crippen molar-refractivity contribution in [2.75, 3.05) is 11.9 Å². The molecular weight excluding hydrogens is 245 g/mol. The van der Waals surface area contributed by atoms with Gasteiger partial charge in [-0.2, -0.15) is 0 Å². The van der Waals surface area contributed by atoms with Gasteiger partial charge in [-0.15, -0.1) is 0 Å². The predicted octanol–water partition coefficient (Wildman–Crippen LogP) is 2.04. The SMILES string of the molecule is CN1C(=O)C(O)(c2ccccc2)c2ccc(F)cc21. The zero-order valence-electron chi connectivity index (χ0n) is 10.3. The van der Waals surface area contributed by atoms with E-state index in [-0.39, 0.29) is 0 Å². The molecule has 1 N–H and O–H groups in total. The number of fused-ring (bicyclic) bond motifs is 1. The van der Waals surface area contributed by atoms with Crippen molar-refractivity contribution in [2.24, 2.45) is 0 Å². The van der Waals surface area contributed by atoms with E-state index in [9.17, 15) is 14.3 Å². The summed E-state index contributed by atoms with van der Waals surface area (Å²) >= 11 is 0. The Morgan fingerprint density at radius 2 is 1.84 bits per heavy atom. The topological polar surface area (TPSA) is 40.5 Å². The van der Waals surface area contributed by atoms with Gasteiger partial charge in [-0.1, -0.05) is 36.4 Å². The lowest BCUT2D eigenvalue weighted by Crippen LogP contribution is -2.39. The quantitative estimate of drug-likeness (QED) is 0.849. The van der Waals surface area contributed by atoms with Crippen LogP contribution in [0.25, 0.3) is 0 Å². The summed E-state index contributed by atoms with van der Waals surface area (Å²) in [6, 6.07) is 12.6. The van der Waals surface area contributed by atoms with E-state index < -0.39 is 17.3 Å². The Labute approximate surface area is 109 Å². The highest BCUT2D eigenvalue weighted by Gasteiger charge is 2.49. The van der Waals surface area contributed by atoms with Crippen LogP contribution in [0.4, 0.5) is 10.1 Å². The van der Waals surface area contributed by atoms with Gasteiger partial charge in [-0.25, -0.2) is 4.39 Å². The number of aliphatic hydroxyl groups is 1. The van der Waals surface area contributed by atoms with E-state index in [1.807, 2.05) is 6.07 Å². The average Bonchev–Trinajstić information content (AvgIpc) is 2.63. The van der Waals surface area contributed by atoms with Crippen LogP contribution >= 0.6 is 0 Å².